The molecule has 4 aromatic rings. The topological polar surface area (TPSA) is 98.5 Å². The van der Waals surface area contributed by atoms with Crippen LogP contribution in [-0.4, -0.2) is 41.4 Å². The highest BCUT2D eigenvalue weighted by Gasteiger charge is 2.24. The highest BCUT2D eigenvalue weighted by atomic mass is 16.1. The van der Waals surface area contributed by atoms with Crippen LogP contribution >= 0.6 is 0 Å². The first-order chi connectivity index (χ1) is 13.7. The van der Waals surface area contributed by atoms with Crippen LogP contribution in [0.25, 0.3) is 28.2 Å². The van der Waals surface area contributed by atoms with E-state index in [4.69, 9.17) is 0 Å². The quantitative estimate of drug-likeness (QED) is 0.592. The van der Waals surface area contributed by atoms with Crippen molar-refractivity contribution in [3.05, 3.63) is 60.6 Å². The highest BCUT2D eigenvalue weighted by Crippen LogP contribution is 2.26. The molecule has 1 fully saturated rings. The maximum atomic E-state index is 12.5. The molecule has 3 heterocycles. The summed E-state index contributed by atoms with van der Waals surface area (Å²) in [7, 11) is 0. The van der Waals surface area contributed by atoms with Crippen molar-refractivity contribution >= 4 is 17.1 Å². The predicted molar refractivity (Wildman–Crippen MR) is 103 cm³/mol. The van der Waals surface area contributed by atoms with E-state index in [9.17, 15) is 4.79 Å². The summed E-state index contributed by atoms with van der Waals surface area (Å²) in [4.78, 5) is 34.0. The maximum Gasteiger partial charge on any atom is 0.251 e. The fourth-order valence-electron chi connectivity index (χ4n) is 3.14. The Morgan fingerprint density at radius 2 is 2.00 bits per heavy atom. The van der Waals surface area contributed by atoms with Crippen LogP contribution in [0, 0.1) is 6.92 Å². The maximum absolute atomic E-state index is 12.5. The molecule has 1 aliphatic rings. The fourth-order valence-corrected chi connectivity index (χ4v) is 3.14. The number of fused-ring (bicyclic) bond motifs is 1. The van der Waals surface area contributed by atoms with Crippen LogP contribution in [0.1, 0.15) is 28.8 Å². The number of carbonyl (C=O) groups excluding carboxylic acids is 1. The van der Waals surface area contributed by atoms with E-state index >= 15 is 0 Å². The summed E-state index contributed by atoms with van der Waals surface area (Å²) in [5, 5.41) is 3.03. The number of benzene rings is 1. The Balaban J connectivity index is 1.61. The Bertz CT molecular complexity index is 1180. The summed E-state index contributed by atoms with van der Waals surface area (Å²) in [6.45, 7) is 2.00. The lowest BCUT2D eigenvalue weighted by molar-refractivity contribution is 0.0951. The lowest BCUT2D eigenvalue weighted by atomic mass is 10.1. The molecule has 0 atom stereocenters. The molecular weight excluding hydrogens is 354 g/mol. The van der Waals surface area contributed by atoms with Gasteiger partial charge in [0.05, 0.1) is 11.4 Å². The number of nitrogens with zero attached hydrogens (tertiary/aromatic N) is 6. The molecule has 1 aliphatic carbocycles. The van der Waals surface area contributed by atoms with Gasteiger partial charge in [0, 0.05) is 17.8 Å². The number of carbonyl (C=O) groups is 1. The molecule has 1 saturated carbocycles. The molecule has 138 valence electrons. The molecule has 1 aromatic carbocycles. The molecule has 28 heavy (non-hydrogen) atoms. The van der Waals surface area contributed by atoms with Crippen LogP contribution in [-0.2, 0) is 0 Å². The van der Waals surface area contributed by atoms with Gasteiger partial charge in [-0.3, -0.25) is 9.36 Å². The number of amides is 1. The number of aromatic nitrogens is 6. The summed E-state index contributed by atoms with van der Waals surface area (Å²) in [6.07, 6.45) is 8.45. The molecule has 0 unspecified atom stereocenters. The minimum atomic E-state index is -0.0514. The van der Waals surface area contributed by atoms with Gasteiger partial charge in [0.25, 0.3) is 5.91 Å². The smallest absolute Gasteiger partial charge is 0.251 e. The zero-order valence-corrected chi connectivity index (χ0v) is 15.2. The lowest BCUT2D eigenvalue weighted by Gasteiger charge is -2.11. The van der Waals surface area contributed by atoms with Crippen LogP contribution < -0.4 is 5.32 Å². The van der Waals surface area contributed by atoms with Gasteiger partial charge in [0.2, 0.25) is 0 Å². The van der Waals surface area contributed by atoms with Gasteiger partial charge in [-0.2, -0.15) is 0 Å². The summed E-state index contributed by atoms with van der Waals surface area (Å²) < 4.78 is 1.88. The van der Waals surface area contributed by atoms with Gasteiger partial charge in [-0.25, -0.2) is 24.9 Å². The lowest BCUT2D eigenvalue weighted by Crippen LogP contribution is -2.25. The number of hydrogen-bond acceptors (Lipinski definition) is 6. The normalized spacial score (nSPS) is 13.6. The average molecular weight is 371 g/mol. The van der Waals surface area contributed by atoms with Crippen molar-refractivity contribution in [1.82, 2.24) is 34.8 Å². The van der Waals surface area contributed by atoms with Gasteiger partial charge in [-0.05, 0) is 43.5 Å². The molecule has 8 heteroatoms. The Morgan fingerprint density at radius 1 is 1.11 bits per heavy atom. The van der Waals surface area contributed by atoms with Crippen LogP contribution in [0.5, 0.6) is 0 Å². The van der Waals surface area contributed by atoms with Gasteiger partial charge < -0.3 is 5.32 Å². The Hall–Kier alpha value is -3.68. The van der Waals surface area contributed by atoms with Crippen molar-refractivity contribution in [1.29, 1.82) is 0 Å². The number of imidazole rings is 1. The van der Waals surface area contributed by atoms with Gasteiger partial charge in [0.1, 0.15) is 30.2 Å². The SMILES string of the molecule is Cc1ccc(C(=O)NC2CC2)cc1-n1cnc2c(-c3ccncn3)ncnc21. The van der Waals surface area contributed by atoms with Crippen LogP contribution in [0.15, 0.2) is 49.4 Å². The summed E-state index contributed by atoms with van der Waals surface area (Å²) in [5.74, 6) is -0.0514. The van der Waals surface area contributed by atoms with Crippen molar-refractivity contribution in [2.24, 2.45) is 0 Å². The molecule has 1 N–H and O–H groups in total. The van der Waals surface area contributed by atoms with Gasteiger partial charge in [0.15, 0.2) is 5.65 Å². The fraction of sp³-hybridized carbons (Fsp3) is 0.200. The summed E-state index contributed by atoms with van der Waals surface area (Å²) in [6, 6.07) is 7.76. The third-order valence-electron chi connectivity index (χ3n) is 4.80. The van der Waals surface area contributed by atoms with Crippen molar-refractivity contribution in [2.75, 3.05) is 0 Å². The van der Waals surface area contributed by atoms with Gasteiger partial charge in [-0.15, -0.1) is 0 Å². The second-order valence-corrected chi connectivity index (χ2v) is 6.85. The first-order valence-corrected chi connectivity index (χ1v) is 9.07. The minimum absolute atomic E-state index is 0.0514. The Labute approximate surface area is 160 Å². The number of hydrogen-bond donors (Lipinski definition) is 1. The first kappa shape index (κ1) is 16.5. The van der Waals surface area contributed by atoms with E-state index in [1.165, 1.54) is 12.7 Å². The predicted octanol–water partition coefficient (Wildman–Crippen LogP) is 2.47. The van der Waals surface area contributed by atoms with E-state index < -0.39 is 0 Å². The van der Waals surface area contributed by atoms with Crippen molar-refractivity contribution < 1.29 is 4.79 Å². The highest BCUT2D eigenvalue weighted by molar-refractivity contribution is 5.95. The molecule has 1 amide bonds. The molecule has 5 rings (SSSR count). The summed E-state index contributed by atoms with van der Waals surface area (Å²) >= 11 is 0. The van der Waals surface area contributed by atoms with Crippen molar-refractivity contribution in [3.8, 4) is 17.1 Å². The van der Waals surface area contributed by atoms with Gasteiger partial charge in [-0.1, -0.05) is 6.07 Å². The van der Waals surface area contributed by atoms with E-state index in [0.29, 0.717) is 34.2 Å². The van der Waals surface area contributed by atoms with E-state index in [1.807, 2.05) is 29.7 Å². The third-order valence-corrected chi connectivity index (χ3v) is 4.80. The number of nitrogens with one attached hydrogen (secondary N) is 1. The van der Waals surface area contributed by atoms with Gasteiger partial charge >= 0.3 is 0 Å². The second-order valence-electron chi connectivity index (χ2n) is 6.85. The zero-order valence-electron chi connectivity index (χ0n) is 15.2. The largest absolute Gasteiger partial charge is 0.349 e. The minimum Gasteiger partial charge on any atom is -0.349 e. The van der Waals surface area contributed by atoms with E-state index in [1.54, 1.807) is 18.6 Å². The molecule has 0 saturated heterocycles. The molecular formula is C20H17N7O. The van der Waals surface area contributed by atoms with E-state index in [0.717, 1.165) is 24.1 Å². The summed E-state index contributed by atoms with van der Waals surface area (Å²) in [5.41, 5.74) is 5.13. The molecule has 8 nitrogen and oxygen atoms in total. The van der Waals surface area contributed by atoms with Crippen molar-refractivity contribution in [3.63, 3.8) is 0 Å². The van der Waals surface area contributed by atoms with Crippen LogP contribution in [0.4, 0.5) is 0 Å². The second kappa shape index (κ2) is 6.49. The molecule has 0 bridgehead atoms. The van der Waals surface area contributed by atoms with E-state index in [2.05, 4.69) is 30.2 Å². The molecule has 0 spiro atoms. The number of rotatable bonds is 4. The molecule has 3 aromatic heterocycles. The van der Waals surface area contributed by atoms with Crippen LogP contribution in [0.3, 0.4) is 0 Å². The third kappa shape index (κ3) is 2.88. The standard InChI is InChI=1S/C20H17N7O/c1-12-2-3-13(20(28)26-14-4-5-14)8-16(12)27-11-25-18-17(23-10-24-19(18)27)15-6-7-21-9-22-15/h2-3,6-11,14H,4-5H2,1H3,(H,26,28). The molecule has 0 aliphatic heterocycles. The van der Waals surface area contributed by atoms with Crippen molar-refractivity contribution in [2.45, 2.75) is 25.8 Å². The monoisotopic (exact) mass is 371 g/mol. The molecule has 0 radical (unpaired) electrons. The Kier molecular flexibility index (Phi) is 3.82. The number of aryl methyl sites for hydroxylation is 1. The Morgan fingerprint density at radius 3 is 2.79 bits per heavy atom. The first-order valence-electron chi connectivity index (χ1n) is 9.07. The average Bonchev–Trinajstić information content (AvgIpc) is 3.44. The zero-order chi connectivity index (χ0) is 19.1. The van der Waals surface area contributed by atoms with Crippen LogP contribution in [0.2, 0.25) is 0 Å². The van der Waals surface area contributed by atoms with E-state index in [-0.39, 0.29) is 5.91 Å².